The second-order valence-corrected chi connectivity index (χ2v) is 2.05. The second-order valence-electron chi connectivity index (χ2n) is 0.619. The Morgan fingerprint density at radius 1 is 1.80 bits per heavy atom. The monoisotopic (exact) mass is 132 g/mol. The number of rotatable bonds is 0. The summed E-state index contributed by atoms with van der Waals surface area (Å²) < 4.78 is 0. The summed E-state index contributed by atoms with van der Waals surface area (Å²) in [5.41, 5.74) is 0. The Labute approximate surface area is 36.4 Å². The van der Waals surface area contributed by atoms with Crippen LogP contribution in [0.4, 0.5) is 0 Å². The van der Waals surface area contributed by atoms with Gasteiger partial charge in [-0.05, 0) is 0 Å². The average molecular weight is 131 g/mol. The van der Waals surface area contributed by atoms with Crippen LogP contribution in [-0.4, -0.2) is 19.5 Å². The Bertz CT molecular complexity index is 63.4. The van der Waals surface area contributed by atoms with E-state index in [4.69, 9.17) is 0 Å². The minimum atomic E-state index is 0.472. The molecule has 0 spiro atoms. The molecule has 0 aliphatic heterocycles. The van der Waals surface area contributed by atoms with E-state index in [1.54, 1.807) is 6.20 Å². The Hall–Kier alpha value is -0.0705. The van der Waals surface area contributed by atoms with Crippen LogP contribution < -0.4 is 0 Å². The van der Waals surface area contributed by atoms with E-state index in [1.807, 2.05) is 5.07 Å². The third kappa shape index (κ3) is 0.602. The van der Waals surface area contributed by atoms with Crippen molar-refractivity contribution in [2.45, 2.75) is 0 Å². The molecule has 0 unspecified atom stereocenters. The Kier molecular flexibility index (Phi) is 0.869. The normalized spacial score (nSPS) is 8.00. The van der Waals surface area contributed by atoms with Crippen molar-refractivity contribution in [3.63, 3.8) is 0 Å². The van der Waals surface area contributed by atoms with Crippen molar-refractivity contribution in [3.8, 4) is 0 Å². The van der Waals surface area contributed by atoms with Gasteiger partial charge in [0.1, 0.15) is 0 Å². The van der Waals surface area contributed by atoms with Crippen molar-refractivity contribution in [3.05, 3.63) is 16.2 Å². The van der Waals surface area contributed by atoms with Gasteiger partial charge in [0.2, 0.25) is 0 Å². The summed E-state index contributed by atoms with van der Waals surface area (Å²) in [6.45, 7) is 0. The maximum atomic E-state index is 3.75. The number of hydrogen-bond acceptors (Lipinski definition) is 1. The first kappa shape index (κ1) is 3.13. The van der Waals surface area contributed by atoms with Crippen LogP contribution in [0.1, 0.15) is 0 Å². The van der Waals surface area contributed by atoms with Crippen LogP contribution in [-0.2, 0) is 0 Å². The van der Waals surface area contributed by atoms with Crippen LogP contribution in [0.2, 0.25) is 0 Å². The molecule has 0 fully saturated rings. The average Bonchev–Trinajstić information content (AvgIpc) is 1.76. The maximum absolute atomic E-state index is 3.75. The summed E-state index contributed by atoms with van der Waals surface area (Å²) in [5.74, 6) is 0. The molecule has 1 radical (unpaired) electrons. The van der Waals surface area contributed by atoms with E-state index in [0.29, 0.717) is 14.5 Å². The van der Waals surface area contributed by atoms with Crippen molar-refractivity contribution >= 4 is 14.5 Å². The van der Waals surface area contributed by atoms with Crippen LogP contribution >= 0.6 is 0 Å². The molecule has 2 heteroatoms. The van der Waals surface area contributed by atoms with Gasteiger partial charge in [0.15, 0.2) is 0 Å². The zero-order valence-corrected chi connectivity index (χ0v) is 4.22. The molecule has 0 N–H and O–H groups in total. The Balaban J connectivity index is 3.13. The fraction of sp³-hybridized carbons (Fsp3) is 0. The van der Waals surface area contributed by atoms with Gasteiger partial charge < -0.3 is 0 Å². The van der Waals surface area contributed by atoms with Gasteiger partial charge in [0, 0.05) is 0 Å². The molecule has 5 heavy (non-hydrogen) atoms. The summed E-state index contributed by atoms with van der Waals surface area (Å²) in [4.78, 5) is 6.69. The van der Waals surface area contributed by atoms with Crippen LogP contribution in [0.25, 0.3) is 0 Å². The molecule has 1 aromatic heterocycles. The van der Waals surface area contributed by atoms with Crippen molar-refractivity contribution in [1.29, 1.82) is 0 Å². The van der Waals surface area contributed by atoms with Crippen LogP contribution in [0.3, 0.4) is 0 Å². The summed E-state index contributed by atoms with van der Waals surface area (Å²) in [7, 11) is 0. The fourth-order valence-corrected chi connectivity index (χ4v) is 0.791. The fourth-order valence-electron chi connectivity index (χ4n) is 0.152. The Morgan fingerprint density at radius 2 is 2.80 bits per heavy atom. The van der Waals surface area contributed by atoms with Gasteiger partial charge in [-0.15, -0.1) is 0 Å². The topological polar surface area (TPSA) is 12.9 Å². The van der Waals surface area contributed by atoms with Crippen LogP contribution in [0.15, 0.2) is 11.3 Å². The van der Waals surface area contributed by atoms with Gasteiger partial charge in [-0.1, -0.05) is 0 Å². The molecule has 25 valence electrons. The van der Waals surface area contributed by atoms with E-state index in [1.165, 1.54) is 0 Å². The van der Waals surface area contributed by atoms with E-state index >= 15 is 0 Å². The van der Waals surface area contributed by atoms with Gasteiger partial charge in [0.25, 0.3) is 0 Å². The molecular formula is C3H2NSe. The van der Waals surface area contributed by atoms with Gasteiger partial charge in [0.05, 0.1) is 0 Å². The first-order valence-corrected chi connectivity index (χ1v) is 3.09. The summed E-state index contributed by atoms with van der Waals surface area (Å²) in [6.07, 6.45) is 1.71. The number of nitrogens with zero attached hydrogens (tertiary/aromatic N) is 1. The predicted molar refractivity (Wildman–Crippen MR) is 20.0 cm³/mol. The standard InChI is InChI=1S/C3H2NSe/c1-2-5-3-4-1/h1,3H. The van der Waals surface area contributed by atoms with Crippen molar-refractivity contribution in [2.24, 2.45) is 0 Å². The zero-order chi connectivity index (χ0) is 3.54. The minimum absolute atomic E-state index is 0.472. The molecule has 1 aromatic rings. The molecule has 0 bridgehead atoms. The summed E-state index contributed by atoms with van der Waals surface area (Å²) in [6, 6.07) is 0. The van der Waals surface area contributed by atoms with Gasteiger partial charge in [-0.25, -0.2) is 0 Å². The number of aromatic nitrogens is 1. The molecule has 1 nitrogen and oxygen atoms in total. The molecule has 0 atom stereocenters. The second kappa shape index (κ2) is 1.39. The SMILES string of the molecule is [c]1cnc[se]1. The molecule has 0 aliphatic carbocycles. The molecular weight excluding hydrogens is 129 g/mol. The van der Waals surface area contributed by atoms with Crippen molar-refractivity contribution < 1.29 is 0 Å². The van der Waals surface area contributed by atoms with Gasteiger partial charge in [-0.3, -0.25) is 0 Å². The van der Waals surface area contributed by atoms with Crippen LogP contribution in [0.5, 0.6) is 0 Å². The van der Waals surface area contributed by atoms with E-state index < -0.39 is 0 Å². The number of hydrogen-bond donors (Lipinski definition) is 0. The van der Waals surface area contributed by atoms with Crippen molar-refractivity contribution in [1.82, 2.24) is 4.98 Å². The van der Waals surface area contributed by atoms with E-state index in [0.717, 1.165) is 0 Å². The van der Waals surface area contributed by atoms with Crippen molar-refractivity contribution in [2.75, 3.05) is 0 Å². The molecule has 0 amide bonds. The van der Waals surface area contributed by atoms with E-state index in [2.05, 4.69) is 9.92 Å². The predicted octanol–water partition coefficient (Wildman–Crippen LogP) is -0.0612. The Morgan fingerprint density at radius 3 is 3.00 bits per heavy atom. The molecule has 1 heterocycles. The third-order valence-electron chi connectivity index (χ3n) is 0.309. The third-order valence-corrected chi connectivity index (χ3v) is 1.29. The van der Waals surface area contributed by atoms with E-state index in [9.17, 15) is 0 Å². The van der Waals surface area contributed by atoms with Crippen LogP contribution in [0, 0.1) is 4.94 Å². The van der Waals surface area contributed by atoms with Gasteiger partial charge >= 0.3 is 35.7 Å². The molecule has 1 rings (SSSR count). The molecule has 0 aliphatic rings. The summed E-state index contributed by atoms with van der Waals surface area (Å²) >= 11 is 0.472. The van der Waals surface area contributed by atoms with Gasteiger partial charge in [-0.2, -0.15) is 0 Å². The summed E-state index contributed by atoms with van der Waals surface area (Å²) in [5, 5.41) is 1.88. The first-order chi connectivity index (χ1) is 2.50. The molecule has 0 saturated heterocycles. The molecule has 0 saturated carbocycles. The zero-order valence-electron chi connectivity index (χ0n) is 2.51. The van der Waals surface area contributed by atoms with E-state index in [-0.39, 0.29) is 0 Å². The quantitative estimate of drug-likeness (QED) is 0.449. The first-order valence-electron chi connectivity index (χ1n) is 1.24. The molecule has 0 aromatic carbocycles.